The second-order valence-electron chi connectivity index (χ2n) is 6.39. The van der Waals surface area contributed by atoms with Crippen molar-refractivity contribution in [2.75, 3.05) is 32.8 Å². The molecule has 0 spiro atoms. The molecular weight excluding hydrogens is 401 g/mol. The zero-order valence-electron chi connectivity index (χ0n) is 15.5. The Labute approximate surface area is 167 Å². The zero-order valence-corrected chi connectivity index (χ0v) is 16.3. The minimum Gasteiger partial charge on any atom is -0.483 e. The molecule has 0 bridgehead atoms. The Hall–Kier alpha value is -2.98. The number of para-hydroxylation sites is 1. The number of carbonyl (C=O) groups excluding carboxylic acids is 2. The Morgan fingerprint density at radius 1 is 1.00 bits per heavy atom. The molecule has 0 radical (unpaired) electrons. The highest BCUT2D eigenvalue weighted by molar-refractivity contribution is 7.89. The van der Waals surface area contributed by atoms with E-state index in [1.165, 1.54) is 27.4 Å². The van der Waals surface area contributed by atoms with E-state index in [4.69, 9.17) is 10.5 Å². The van der Waals surface area contributed by atoms with Crippen LogP contribution >= 0.6 is 0 Å². The van der Waals surface area contributed by atoms with Crippen LogP contribution in [0.5, 0.6) is 5.75 Å². The van der Waals surface area contributed by atoms with Crippen LogP contribution in [0.4, 0.5) is 4.39 Å². The van der Waals surface area contributed by atoms with E-state index in [0.717, 1.165) is 12.1 Å². The van der Waals surface area contributed by atoms with Crippen LogP contribution in [0.2, 0.25) is 0 Å². The lowest BCUT2D eigenvalue weighted by atomic mass is 10.2. The number of hydrogen-bond donors (Lipinski definition) is 1. The first-order valence-corrected chi connectivity index (χ1v) is 10.3. The first-order chi connectivity index (χ1) is 13.8. The third-order valence-corrected chi connectivity index (χ3v) is 6.46. The number of sulfonamides is 1. The second-order valence-corrected chi connectivity index (χ2v) is 8.33. The number of piperazine rings is 1. The van der Waals surface area contributed by atoms with Gasteiger partial charge in [0.2, 0.25) is 10.0 Å². The fraction of sp³-hybridized carbons (Fsp3) is 0.263. The summed E-state index contributed by atoms with van der Waals surface area (Å²) < 4.78 is 45.0. The maximum Gasteiger partial charge on any atom is 0.260 e. The third kappa shape index (κ3) is 4.72. The quantitative estimate of drug-likeness (QED) is 0.743. The van der Waals surface area contributed by atoms with Gasteiger partial charge in [0, 0.05) is 26.2 Å². The van der Waals surface area contributed by atoms with Crippen LogP contribution in [0.25, 0.3) is 0 Å². The highest BCUT2D eigenvalue weighted by Crippen LogP contribution is 2.19. The lowest BCUT2D eigenvalue weighted by Gasteiger charge is -2.34. The highest BCUT2D eigenvalue weighted by Gasteiger charge is 2.30. The Kier molecular flexibility index (Phi) is 6.14. The van der Waals surface area contributed by atoms with Crippen LogP contribution < -0.4 is 10.5 Å². The summed E-state index contributed by atoms with van der Waals surface area (Å²) in [4.78, 5) is 25.3. The van der Waals surface area contributed by atoms with E-state index < -0.39 is 21.7 Å². The number of carbonyl (C=O) groups is 2. The van der Waals surface area contributed by atoms with Gasteiger partial charge in [0.1, 0.15) is 11.6 Å². The van der Waals surface area contributed by atoms with Crippen molar-refractivity contribution in [1.29, 1.82) is 0 Å². The van der Waals surface area contributed by atoms with Crippen molar-refractivity contribution < 1.29 is 27.1 Å². The summed E-state index contributed by atoms with van der Waals surface area (Å²) in [5.41, 5.74) is 5.45. The molecule has 1 heterocycles. The van der Waals surface area contributed by atoms with E-state index in [9.17, 15) is 22.4 Å². The second kappa shape index (κ2) is 8.58. The zero-order chi connectivity index (χ0) is 21.0. The molecule has 0 aromatic heterocycles. The smallest absolute Gasteiger partial charge is 0.260 e. The Morgan fingerprint density at radius 2 is 1.62 bits per heavy atom. The van der Waals surface area contributed by atoms with Gasteiger partial charge in [0.25, 0.3) is 11.8 Å². The molecule has 10 heteroatoms. The first-order valence-electron chi connectivity index (χ1n) is 8.84. The van der Waals surface area contributed by atoms with Crippen molar-refractivity contribution in [3.05, 3.63) is 59.9 Å². The number of ether oxygens (including phenoxy) is 1. The summed E-state index contributed by atoms with van der Waals surface area (Å²) in [6.07, 6.45) is 0. The van der Waals surface area contributed by atoms with E-state index >= 15 is 0 Å². The number of nitrogens with zero attached hydrogens (tertiary/aromatic N) is 2. The maximum absolute atomic E-state index is 13.0. The average molecular weight is 421 g/mol. The van der Waals surface area contributed by atoms with E-state index in [1.807, 2.05) is 0 Å². The Morgan fingerprint density at radius 3 is 2.24 bits per heavy atom. The Balaban J connectivity index is 1.57. The molecule has 0 aliphatic carbocycles. The largest absolute Gasteiger partial charge is 0.483 e. The van der Waals surface area contributed by atoms with Crippen molar-refractivity contribution in [2.45, 2.75) is 4.90 Å². The molecule has 0 saturated carbocycles. The molecule has 1 saturated heterocycles. The number of benzene rings is 2. The summed E-state index contributed by atoms with van der Waals surface area (Å²) in [5, 5.41) is 0. The molecule has 29 heavy (non-hydrogen) atoms. The molecule has 2 aromatic carbocycles. The van der Waals surface area contributed by atoms with E-state index in [0.29, 0.717) is 0 Å². The summed E-state index contributed by atoms with van der Waals surface area (Å²) in [7, 11) is -3.75. The van der Waals surface area contributed by atoms with Gasteiger partial charge in [-0.3, -0.25) is 9.59 Å². The van der Waals surface area contributed by atoms with Crippen LogP contribution in [-0.2, 0) is 14.8 Å². The summed E-state index contributed by atoms with van der Waals surface area (Å²) in [6.45, 7) is 0.321. The Bertz CT molecular complexity index is 1000. The average Bonchev–Trinajstić information content (AvgIpc) is 2.72. The van der Waals surface area contributed by atoms with E-state index in [-0.39, 0.29) is 54.9 Å². The maximum atomic E-state index is 13.0. The third-order valence-electron chi connectivity index (χ3n) is 4.55. The first kappa shape index (κ1) is 20.7. The monoisotopic (exact) mass is 421 g/mol. The molecule has 2 N–H and O–H groups in total. The number of amides is 2. The predicted octanol–water partition coefficient (Wildman–Crippen LogP) is 0.837. The van der Waals surface area contributed by atoms with Crippen LogP contribution in [0.3, 0.4) is 0 Å². The van der Waals surface area contributed by atoms with Crippen LogP contribution in [0, 0.1) is 5.82 Å². The van der Waals surface area contributed by atoms with E-state index in [2.05, 4.69) is 0 Å². The molecule has 8 nitrogen and oxygen atoms in total. The van der Waals surface area contributed by atoms with E-state index in [1.54, 1.807) is 18.2 Å². The van der Waals surface area contributed by atoms with Crippen molar-refractivity contribution in [1.82, 2.24) is 9.21 Å². The molecule has 2 aromatic rings. The molecule has 1 aliphatic rings. The normalized spacial score (nSPS) is 15.1. The standard InChI is InChI=1S/C19H20FN3O5S/c20-14-5-7-15(8-6-14)29(26,27)23-11-9-22(10-12-23)18(24)13-28-17-4-2-1-3-16(17)19(21)25/h1-8H,9-13H2,(H2,21,25). The molecule has 3 rings (SSSR count). The highest BCUT2D eigenvalue weighted by atomic mass is 32.2. The van der Waals surface area contributed by atoms with Crippen LogP contribution in [-0.4, -0.2) is 62.2 Å². The molecule has 2 amide bonds. The topological polar surface area (TPSA) is 110 Å². The minimum absolute atomic E-state index is 0.00469. The number of hydrogen-bond acceptors (Lipinski definition) is 5. The van der Waals surface area contributed by atoms with Crippen molar-refractivity contribution in [3.8, 4) is 5.75 Å². The van der Waals surface area contributed by atoms with Crippen LogP contribution in [0.15, 0.2) is 53.4 Å². The van der Waals surface area contributed by atoms with Crippen molar-refractivity contribution >= 4 is 21.8 Å². The molecule has 0 atom stereocenters. The van der Waals surface area contributed by atoms with Crippen molar-refractivity contribution in [3.63, 3.8) is 0 Å². The summed E-state index contributed by atoms with van der Waals surface area (Å²) in [5.74, 6) is -1.29. The lowest BCUT2D eigenvalue weighted by Crippen LogP contribution is -2.51. The molecule has 0 unspecified atom stereocenters. The van der Waals surface area contributed by atoms with Gasteiger partial charge in [0.15, 0.2) is 6.61 Å². The van der Waals surface area contributed by atoms with Gasteiger partial charge in [-0.15, -0.1) is 0 Å². The summed E-state index contributed by atoms with van der Waals surface area (Å²) >= 11 is 0. The van der Waals surface area contributed by atoms with Crippen molar-refractivity contribution in [2.24, 2.45) is 5.73 Å². The van der Waals surface area contributed by atoms with Gasteiger partial charge in [-0.2, -0.15) is 4.31 Å². The minimum atomic E-state index is -3.75. The number of nitrogens with two attached hydrogens (primary N) is 1. The number of halogens is 1. The fourth-order valence-electron chi connectivity index (χ4n) is 2.96. The molecule has 154 valence electrons. The van der Waals surface area contributed by atoms with Gasteiger partial charge in [-0.05, 0) is 36.4 Å². The lowest BCUT2D eigenvalue weighted by molar-refractivity contribution is -0.134. The molecule has 1 aliphatic heterocycles. The number of rotatable bonds is 6. The number of primary amides is 1. The van der Waals surface area contributed by atoms with Gasteiger partial charge in [0.05, 0.1) is 10.5 Å². The molecular formula is C19H20FN3O5S. The summed E-state index contributed by atoms with van der Waals surface area (Å²) in [6, 6.07) is 10.9. The fourth-order valence-corrected chi connectivity index (χ4v) is 4.38. The van der Waals surface area contributed by atoms with Gasteiger partial charge < -0.3 is 15.4 Å². The van der Waals surface area contributed by atoms with Gasteiger partial charge in [-0.1, -0.05) is 12.1 Å². The van der Waals surface area contributed by atoms with Gasteiger partial charge in [-0.25, -0.2) is 12.8 Å². The van der Waals surface area contributed by atoms with Crippen LogP contribution in [0.1, 0.15) is 10.4 Å². The van der Waals surface area contributed by atoms with Gasteiger partial charge >= 0.3 is 0 Å². The molecule has 1 fully saturated rings. The SMILES string of the molecule is NC(=O)c1ccccc1OCC(=O)N1CCN(S(=O)(=O)c2ccc(F)cc2)CC1. The predicted molar refractivity (Wildman–Crippen MR) is 102 cm³/mol.